The molecular weight excluding hydrogens is 244 g/mol. The molecule has 0 unspecified atom stereocenters. The molecule has 0 aliphatic heterocycles. The van der Waals surface area contributed by atoms with Crippen LogP contribution in [-0.4, -0.2) is 16.1 Å². The lowest BCUT2D eigenvalue weighted by atomic mass is 10.2. The molecule has 0 saturated carbocycles. The van der Waals surface area contributed by atoms with Crippen LogP contribution in [0, 0.1) is 0 Å². The highest BCUT2D eigenvalue weighted by Crippen LogP contribution is 2.17. The van der Waals surface area contributed by atoms with Crippen LogP contribution in [0.4, 0.5) is 5.82 Å². The molecule has 0 saturated heterocycles. The summed E-state index contributed by atoms with van der Waals surface area (Å²) in [4.78, 5) is 14.9. The zero-order chi connectivity index (χ0) is 12.3. The number of halogens is 1. The van der Waals surface area contributed by atoms with Crippen LogP contribution >= 0.6 is 11.6 Å². The van der Waals surface area contributed by atoms with E-state index in [0.29, 0.717) is 6.54 Å². The summed E-state index contributed by atoms with van der Waals surface area (Å²) >= 11 is 5.72. The second-order valence-electron chi connectivity index (χ2n) is 3.32. The predicted molar refractivity (Wildman–Crippen MR) is 62.2 cm³/mol. The second kappa shape index (κ2) is 4.88. The molecular formula is C11H9ClN2O3. The van der Waals surface area contributed by atoms with Crippen molar-refractivity contribution in [1.82, 2.24) is 4.98 Å². The van der Waals surface area contributed by atoms with Gasteiger partial charge in [0.15, 0.2) is 0 Å². The van der Waals surface area contributed by atoms with E-state index in [4.69, 9.17) is 21.1 Å². The summed E-state index contributed by atoms with van der Waals surface area (Å²) < 4.78 is 4.90. The quantitative estimate of drug-likeness (QED) is 0.818. The van der Waals surface area contributed by atoms with Gasteiger partial charge in [-0.25, -0.2) is 9.78 Å². The van der Waals surface area contributed by atoms with Crippen LogP contribution < -0.4 is 5.32 Å². The number of nitrogens with one attached hydrogen (secondary N) is 1. The molecule has 6 heteroatoms. The lowest BCUT2D eigenvalue weighted by molar-refractivity contribution is 0.0697. The van der Waals surface area contributed by atoms with Crippen molar-refractivity contribution in [1.29, 1.82) is 0 Å². The molecule has 17 heavy (non-hydrogen) atoms. The maximum absolute atomic E-state index is 11.0. The summed E-state index contributed by atoms with van der Waals surface area (Å²) in [5, 5.41) is 12.1. The Morgan fingerprint density at radius 3 is 2.94 bits per heavy atom. The first-order valence-corrected chi connectivity index (χ1v) is 5.19. The smallest absolute Gasteiger partial charge is 0.339 e. The zero-order valence-electron chi connectivity index (χ0n) is 8.68. The Morgan fingerprint density at radius 2 is 2.29 bits per heavy atom. The first kappa shape index (κ1) is 11.5. The van der Waals surface area contributed by atoms with E-state index in [1.165, 1.54) is 12.1 Å². The standard InChI is InChI=1S/C11H9ClN2O3/c12-9-2-1-8(11(15)16)10(14-9)13-5-7-3-4-17-6-7/h1-4,6H,5H2,(H,13,14)(H,15,16). The molecule has 0 atom stereocenters. The van der Waals surface area contributed by atoms with Gasteiger partial charge in [-0.3, -0.25) is 0 Å². The van der Waals surface area contributed by atoms with Gasteiger partial charge in [-0.1, -0.05) is 11.6 Å². The Kier molecular flexibility index (Phi) is 3.30. The maximum Gasteiger partial charge on any atom is 0.339 e. The lowest BCUT2D eigenvalue weighted by Gasteiger charge is -2.07. The van der Waals surface area contributed by atoms with Crippen LogP contribution in [0.25, 0.3) is 0 Å². The number of aromatic nitrogens is 1. The van der Waals surface area contributed by atoms with Gasteiger partial charge in [0, 0.05) is 12.1 Å². The molecule has 0 amide bonds. The molecule has 0 fully saturated rings. The highest BCUT2D eigenvalue weighted by Gasteiger charge is 2.11. The van der Waals surface area contributed by atoms with Gasteiger partial charge in [-0.15, -0.1) is 0 Å². The van der Waals surface area contributed by atoms with Crippen LogP contribution in [-0.2, 0) is 6.54 Å². The second-order valence-corrected chi connectivity index (χ2v) is 3.71. The number of hydrogen-bond donors (Lipinski definition) is 2. The molecule has 88 valence electrons. The monoisotopic (exact) mass is 252 g/mol. The van der Waals surface area contributed by atoms with Crippen molar-refractivity contribution < 1.29 is 14.3 Å². The van der Waals surface area contributed by atoms with Crippen molar-refractivity contribution in [3.8, 4) is 0 Å². The van der Waals surface area contributed by atoms with E-state index in [-0.39, 0.29) is 16.5 Å². The number of aromatic carboxylic acids is 1. The van der Waals surface area contributed by atoms with Crippen LogP contribution in [0.5, 0.6) is 0 Å². The lowest BCUT2D eigenvalue weighted by Crippen LogP contribution is -2.08. The fourth-order valence-electron chi connectivity index (χ4n) is 1.32. The summed E-state index contributed by atoms with van der Waals surface area (Å²) in [6.45, 7) is 0.421. The molecule has 2 N–H and O–H groups in total. The van der Waals surface area contributed by atoms with Crippen molar-refractivity contribution in [2.45, 2.75) is 6.54 Å². The number of anilines is 1. The largest absolute Gasteiger partial charge is 0.478 e. The molecule has 2 rings (SSSR count). The first-order chi connectivity index (χ1) is 8.16. The molecule has 2 heterocycles. The normalized spacial score (nSPS) is 10.2. The fourth-order valence-corrected chi connectivity index (χ4v) is 1.47. The molecule has 2 aromatic rings. The Bertz CT molecular complexity index is 526. The first-order valence-electron chi connectivity index (χ1n) is 4.81. The zero-order valence-corrected chi connectivity index (χ0v) is 9.44. The Hall–Kier alpha value is -2.01. The number of carboxylic acid groups (broad SMARTS) is 1. The minimum Gasteiger partial charge on any atom is -0.478 e. The molecule has 0 radical (unpaired) electrons. The molecule has 0 aromatic carbocycles. The van der Waals surface area contributed by atoms with Gasteiger partial charge in [0.1, 0.15) is 16.5 Å². The maximum atomic E-state index is 11.0. The predicted octanol–water partition coefficient (Wildman–Crippen LogP) is 2.64. The Morgan fingerprint density at radius 1 is 1.47 bits per heavy atom. The van der Waals surface area contributed by atoms with E-state index in [9.17, 15) is 4.79 Å². The van der Waals surface area contributed by atoms with Gasteiger partial charge in [0.2, 0.25) is 0 Å². The topological polar surface area (TPSA) is 75.4 Å². The third kappa shape index (κ3) is 2.76. The van der Waals surface area contributed by atoms with Crippen LogP contribution in [0.15, 0.2) is 35.1 Å². The Balaban J connectivity index is 2.19. The minimum atomic E-state index is -1.05. The molecule has 0 aliphatic rings. The van der Waals surface area contributed by atoms with Crippen molar-refractivity contribution in [2.75, 3.05) is 5.32 Å². The third-order valence-corrected chi connectivity index (χ3v) is 2.34. The number of pyridine rings is 1. The molecule has 5 nitrogen and oxygen atoms in total. The van der Waals surface area contributed by atoms with Gasteiger partial charge in [-0.2, -0.15) is 0 Å². The Labute approximate surface area is 102 Å². The molecule has 0 spiro atoms. The summed E-state index contributed by atoms with van der Waals surface area (Å²) in [5.41, 5.74) is 0.973. The molecule has 2 aromatic heterocycles. The number of carbonyl (C=O) groups is 1. The summed E-state index contributed by atoms with van der Waals surface area (Å²) in [7, 11) is 0. The van der Waals surface area contributed by atoms with Gasteiger partial charge >= 0.3 is 5.97 Å². The van der Waals surface area contributed by atoms with Crippen molar-refractivity contribution in [3.05, 3.63) is 47.0 Å². The van der Waals surface area contributed by atoms with Crippen molar-refractivity contribution in [2.24, 2.45) is 0 Å². The van der Waals surface area contributed by atoms with Crippen LogP contribution in [0.3, 0.4) is 0 Å². The molecule has 0 aliphatic carbocycles. The van der Waals surface area contributed by atoms with E-state index in [0.717, 1.165) is 5.56 Å². The average molecular weight is 253 g/mol. The fraction of sp³-hybridized carbons (Fsp3) is 0.0909. The van der Waals surface area contributed by atoms with E-state index in [1.807, 2.05) is 0 Å². The number of carboxylic acids is 1. The van der Waals surface area contributed by atoms with Gasteiger partial charge in [-0.05, 0) is 18.2 Å². The van der Waals surface area contributed by atoms with Gasteiger partial charge < -0.3 is 14.8 Å². The van der Waals surface area contributed by atoms with E-state index in [2.05, 4.69) is 10.3 Å². The highest BCUT2D eigenvalue weighted by molar-refractivity contribution is 6.29. The SMILES string of the molecule is O=C(O)c1ccc(Cl)nc1NCc1ccoc1. The van der Waals surface area contributed by atoms with Crippen molar-refractivity contribution >= 4 is 23.4 Å². The van der Waals surface area contributed by atoms with Crippen molar-refractivity contribution in [3.63, 3.8) is 0 Å². The average Bonchev–Trinajstić information content (AvgIpc) is 2.78. The number of nitrogens with zero attached hydrogens (tertiary/aromatic N) is 1. The van der Waals surface area contributed by atoms with Crippen LogP contribution in [0.2, 0.25) is 5.15 Å². The third-order valence-electron chi connectivity index (χ3n) is 2.13. The molecule has 0 bridgehead atoms. The summed E-state index contributed by atoms with van der Waals surface area (Å²) in [6.07, 6.45) is 3.11. The van der Waals surface area contributed by atoms with E-state index < -0.39 is 5.97 Å². The number of rotatable bonds is 4. The number of furan rings is 1. The summed E-state index contributed by atoms with van der Waals surface area (Å²) in [6, 6.07) is 4.63. The number of hydrogen-bond acceptors (Lipinski definition) is 4. The summed E-state index contributed by atoms with van der Waals surface area (Å²) in [5.74, 6) is -0.810. The van der Waals surface area contributed by atoms with Crippen LogP contribution in [0.1, 0.15) is 15.9 Å². The highest BCUT2D eigenvalue weighted by atomic mass is 35.5. The van der Waals surface area contributed by atoms with Gasteiger partial charge in [0.05, 0.1) is 12.5 Å². The van der Waals surface area contributed by atoms with E-state index in [1.54, 1.807) is 18.6 Å². The minimum absolute atomic E-state index is 0.0814. The van der Waals surface area contributed by atoms with E-state index >= 15 is 0 Å². The van der Waals surface area contributed by atoms with Gasteiger partial charge in [0.25, 0.3) is 0 Å².